The van der Waals surface area contributed by atoms with E-state index in [9.17, 15) is 0 Å². The summed E-state index contributed by atoms with van der Waals surface area (Å²) in [5, 5.41) is 0. The highest BCUT2D eigenvalue weighted by Gasteiger charge is 2.60. The van der Waals surface area contributed by atoms with Crippen LogP contribution in [0.15, 0.2) is 0 Å². The molecule has 0 saturated carbocycles. The van der Waals surface area contributed by atoms with Gasteiger partial charge in [-0.3, -0.25) is 0 Å². The molecule has 15 heteroatoms. The van der Waals surface area contributed by atoms with Crippen LogP contribution < -0.4 is 0 Å². The number of hydrogen-bond acceptors (Lipinski definition) is 15. The predicted octanol–water partition coefficient (Wildman–Crippen LogP) is 7.12. The van der Waals surface area contributed by atoms with Crippen LogP contribution in [-0.2, 0) is 66.3 Å². The predicted molar refractivity (Wildman–Crippen MR) is 221 cm³/mol. The van der Waals surface area contributed by atoms with E-state index in [1.807, 2.05) is 67.2 Å². The molecule has 344 valence electrons. The Balaban J connectivity index is 0.922. The topological polar surface area (TPSA) is 129 Å². The van der Waals surface area contributed by atoms with Gasteiger partial charge < -0.3 is 66.3 Å². The second-order valence-electron chi connectivity index (χ2n) is 18.8. The first-order valence-electron chi connectivity index (χ1n) is 22.8. The number of ether oxygens (including phenoxy) is 14. The summed E-state index contributed by atoms with van der Waals surface area (Å²) < 4.78 is 86.9. The zero-order chi connectivity index (χ0) is 42.1. The Morgan fingerprint density at radius 2 is 0.898 bits per heavy atom. The van der Waals surface area contributed by atoms with Crippen molar-refractivity contribution in [1.29, 1.82) is 0 Å². The van der Waals surface area contributed by atoms with Crippen molar-refractivity contribution in [2.45, 2.75) is 211 Å². The lowest BCUT2D eigenvalue weighted by atomic mass is 9.97. The zero-order valence-corrected chi connectivity index (χ0v) is 38.4. The molecule has 6 rings (SSSR count). The van der Waals surface area contributed by atoms with Crippen molar-refractivity contribution in [3.63, 3.8) is 0 Å². The molecule has 6 saturated heterocycles. The van der Waals surface area contributed by atoms with Crippen molar-refractivity contribution in [3.05, 3.63) is 0 Å². The zero-order valence-electron chi connectivity index (χ0n) is 37.6. The second kappa shape index (κ2) is 22.1. The summed E-state index contributed by atoms with van der Waals surface area (Å²) in [7, 11) is 0. The standard InChI is InChI=1S/C44H78O14S/c1-10-11-12-13-14-15-16-17-18-19-24-59-29-30(25-45-20-22-47-39-37-35(55-43(6,7)57-37)33-31(51-39)27-49-41(2,3)53-33)26-46-21-23-48-40-38-36(56-44(8,9)58-38)34-32(52-40)28-50-42(4,5)54-34/h30-40H,10-29H2,1-9H3/t31-,32-,33-,34-,35+,36+,37+,38+,39+,40+/m1/s1. The first kappa shape index (κ1) is 48.3. The first-order chi connectivity index (χ1) is 28.1. The Morgan fingerprint density at radius 1 is 0.492 bits per heavy atom. The van der Waals surface area contributed by atoms with E-state index in [1.165, 1.54) is 64.2 Å². The van der Waals surface area contributed by atoms with Gasteiger partial charge in [0.1, 0.15) is 48.8 Å². The molecule has 0 N–H and O–H groups in total. The molecule has 0 aromatic rings. The lowest BCUT2D eigenvalue weighted by Crippen LogP contribution is -2.64. The minimum absolute atomic E-state index is 0.203. The van der Waals surface area contributed by atoms with Gasteiger partial charge in [0, 0.05) is 11.7 Å². The van der Waals surface area contributed by atoms with Gasteiger partial charge >= 0.3 is 0 Å². The van der Waals surface area contributed by atoms with Crippen molar-refractivity contribution < 1.29 is 66.3 Å². The van der Waals surface area contributed by atoms with Crippen LogP contribution in [0, 0.1) is 5.92 Å². The maximum absolute atomic E-state index is 6.33. The highest BCUT2D eigenvalue weighted by atomic mass is 32.2. The number of unbranched alkanes of at least 4 members (excludes halogenated alkanes) is 9. The minimum atomic E-state index is -0.775. The van der Waals surface area contributed by atoms with Crippen LogP contribution in [0.5, 0.6) is 0 Å². The molecular formula is C44H78O14S. The van der Waals surface area contributed by atoms with Crippen LogP contribution in [0.3, 0.4) is 0 Å². The Bertz CT molecular complexity index is 1160. The third-order valence-corrected chi connectivity index (χ3v) is 12.9. The lowest BCUT2D eigenvalue weighted by Gasteiger charge is -2.48. The van der Waals surface area contributed by atoms with Gasteiger partial charge in [-0.1, -0.05) is 64.7 Å². The summed E-state index contributed by atoms with van der Waals surface area (Å²) in [6.07, 6.45) is 9.39. The third kappa shape index (κ3) is 14.4. The van der Waals surface area contributed by atoms with E-state index in [4.69, 9.17) is 66.3 Å². The maximum atomic E-state index is 6.33. The molecular weight excluding hydrogens is 785 g/mol. The van der Waals surface area contributed by atoms with E-state index in [0.29, 0.717) is 52.9 Å². The van der Waals surface area contributed by atoms with Crippen LogP contribution in [0.1, 0.15) is 127 Å². The van der Waals surface area contributed by atoms with Crippen LogP contribution in [0.4, 0.5) is 0 Å². The molecule has 6 aliphatic rings. The number of rotatable bonds is 25. The fourth-order valence-electron chi connectivity index (χ4n) is 8.78. The Morgan fingerprint density at radius 3 is 1.36 bits per heavy atom. The monoisotopic (exact) mass is 863 g/mol. The normalized spacial score (nSPS) is 35.7. The first-order valence-corrected chi connectivity index (χ1v) is 23.9. The molecule has 0 bridgehead atoms. The Hall–Kier alpha value is -0.210. The molecule has 6 fully saturated rings. The maximum Gasteiger partial charge on any atom is 0.187 e. The molecule has 0 spiro atoms. The van der Waals surface area contributed by atoms with Gasteiger partial charge in [0.2, 0.25) is 0 Å². The summed E-state index contributed by atoms with van der Waals surface area (Å²) in [5.41, 5.74) is 0. The summed E-state index contributed by atoms with van der Waals surface area (Å²) in [6.45, 7) is 20.9. The van der Waals surface area contributed by atoms with Gasteiger partial charge in [-0.05, 0) is 67.6 Å². The largest absolute Gasteiger partial charge is 0.379 e. The van der Waals surface area contributed by atoms with E-state index in [-0.39, 0.29) is 42.5 Å². The van der Waals surface area contributed by atoms with Gasteiger partial charge in [0.25, 0.3) is 0 Å². The van der Waals surface area contributed by atoms with Gasteiger partial charge in [0.05, 0.1) is 52.9 Å². The van der Waals surface area contributed by atoms with E-state index in [1.54, 1.807) is 0 Å². The molecule has 10 atom stereocenters. The molecule has 0 aromatic carbocycles. The van der Waals surface area contributed by atoms with E-state index in [0.717, 1.165) is 11.5 Å². The molecule has 0 aromatic heterocycles. The molecule has 59 heavy (non-hydrogen) atoms. The van der Waals surface area contributed by atoms with E-state index >= 15 is 0 Å². The van der Waals surface area contributed by atoms with Crippen molar-refractivity contribution in [1.82, 2.24) is 0 Å². The highest BCUT2D eigenvalue weighted by Crippen LogP contribution is 2.43. The molecule has 0 unspecified atom stereocenters. The summed E-state index contributed by atoms with van der Waals surface area (Å²) in [5.74, 6) is -0.709. The molecule has 6 heterocycles. The van der Waals surface area contributed by atoms with E-state index < -0.39 is 47.9 Å². The van der Waals surface area contributed by atoms with E-state index in [2.05, 4.69) is 6.92 Å². The second-order valence-corrected chi connectivity index (χ2v) is 20.0. The number of hydrogen-bond donors (Lipinski definition) is 0. The third-order valence-electron chi connectivity index (χ3n) is 11.6. The van der Waals surface area contributed by atoms with Gasteiger partial charge in [-0.15, -0.1) is 0 Å². The average Bonchev–Trinajstić information content (AvgIpc) is 3.69. The van der Waals surface area contributed by atoms with Crippen LogP contribution in [0.25, 0.3) is 0 Å². The number of thioether (sulfide) groups is 1. The molecule has 0 aliphatic carbocycles. The molecule has 6 aliphatic heterocycles. The summed E-state index contributed by atoms with van der Waals surface area (Å²) >= 11 is 1.98. The minimum Gasteiger partial charge on any atom is -0.379 e. The Kier molecular flexibility index (Phi) is 18.1. The van der Waals surface area contributed by atoms with Gasteiger partial charge in [-0.2, -0.15) is 11.8 Å². The summed E-state index contributed by atoms with van der Waals surface area (Å²) in [4.78, 5) is 0. The van der Waals surface area contributed by atoms with Crippen molar-refractivity contribution in [2.24, 2.45) is 5.92 Å². The van der Waals surface area contributed by atoms with Crippen molar-refractivity contribution >= 4 is 11.8 Å². The highest BCUT2D eigenvalue weighted by molar-refractivity contribution is 7.99. The summed E-state index contributed by atoms with van der Waals surface area (Å²) in [6, 6.07) is 0. The smallest absolute Gasteiger partial charge is 0.187 e. The van der Waals surface area contributed by atoms with Crippen molar-refractivity contribution in [3.8, 4) is 0 Å². The fraction of sp³-hybridized carbons (Fsp3) is 1.00. The van der Waals surface area contributed by atoms with Crippen LogP contribution in [0.2, 0.25) is 0 Å². The van der Waals surface area contributed by atoms with Crippen LogP contribution in [-0.4, -0.2) is 149 Å². The average molecular weight is 863 g/mol. The SMILES string of the molecule is CCCCCCCCCCCCSCC(COCCO[C@H]1O[C@@H]2COC(C)(C)O[C@H]2[C@@H]2OC(C)(C)O[C@H]12)COCCO[C@H]1O[C@@H]2COC(C)(C)O[C@H]2[C@@H]2OC(C)(C)O[C@H]12. The van der Waals surface area contributed by atoms with Gasteiger partial charge in [0.15, 0.2) is 35.7 Å². The fourth-order valence-corrected chi connectivity index (χ4v) is 9.89. The number of fused-ring (bicyclic) bond motifs is 6. The lowest BCUT2D eigenvalue weighted by molar-refractivity contribution is -0.370. The molecule has 0 radical (unpaired) electrons. The van der Waals surface area contributed by atoms with Crippen molar-refractivity contribution in [2.75, 3.05) is 64.4 Å². The Labute approximate surface area is 358 Å². The van der Waals surface area contributed by atoms with Crippen LogP contribution >= 0.6 is 11.8 Å². The quantitative estimate of drug-likeness (QED) is 0.0864. The molecule has 14 nitrogen and oxygen atoms in total. The van der Waals surface area contributed by atoms with Gasteiger partial charge in [-0.25, -0.2) is 0 Å². The molecule has 0 amide bonds.